The Hall–Kier alpha value is -1.51. The third-order valence-corrected chi connectivity index (χ3v) is 4.19. The maximum atomic E-state index is 11.0. The molecule has 0 amide bonds. The largest absolute Gasteiger partial charge is 0.496 e. The molecule has 1 aromatic rings. The van der Waals surface area contributed by atoms with Crippen LogP contribution in [-0.2, 0) is 17.6 Å². The highest BCUT2D eigenvalue weighted by atomic mass is 16.5. The number of carboxylic acids is 1. The van der Waals surface area contributed by atoms with Crippen LogP contribution in [-0.4, -0.2) is 18.2 Å². The molecule has 3 unspecified atom stereocenters. The Morgan fingerprint density at radius 1 is 1.53 bits per heavy atom. The second kappa shape index (κ2) is 3.49. The molecule has 2 aliphatic rings. The molecule has 90 valence electrons. The van der Waals surface area contributed by atoms with Gasteiger partial charge in [0.15, 0.2) is 0 Å². The van der Waals surface area contributed by atoms with Gasteiger partial charge in [0.1, 0.15) is 5.75 Å². The van der Waals surface area contributed by atoms with Gasteiger partial charge in [0.05, 0.1) is 13.0 Å². The number of fused-ring (bicyclic) bond motifs is 3. The van der Waals surface area contributed by atoms with Crippen LogP contribution in [0, 0.1) is 11.8 Å². The molecule has 1 saturated carbocycles. The van der Waals surface area contributed by atoms with Gasteiger partial charge < -0.3 is 9.84 Å². The van der Waals surface area contributed by atoms with Crippen molar-refractivity contribution in [1.82, 2.24) is 0 Å². The number of methoxy groups -OCH3 is 1. The van der Waals surface area contributed by atoms with Crippen molar-refractivity contribution in [1.29, 1.82) is 0 Å². The third kappa shape index (κ3) is 1.38. The average molecular weight is 232 g/mol. The second-order valence-corrected chi connectivity index (χ2v) is 4.97. The van der Waals surface area contributed by atoms with Crippen LogP contribution in [0.1, 0.15) is 29.5 Å². The number of aliphatic carboxylic acids is 1. The Kier molecular flexibility index (Phi) is 2.18. The third-order valence-electron chi connectivity index (χ3n) is 4.19. The van der Waals surface area contributed by atoms with Crippen molar-refractivity contribution in [2.24, 2.45) is 11.8 Å². The molecular weight excluding hydrogens is 216 g/mol. The van der Waals surface area contributed by atoms with Crippen LogP contribution < -0.4 is 4.74 Å². The van der Waals surface area contributed by atoms with E-state index in [1.54, 1.807) is 7.11 Å². The quantitative estimate of drug-likeness (QED) is 0.869. The number of carbonyl (C=O) groups is 1. The summed E-state index contributed by atoms with van der Waals surface area (Å²) in [5, 5.41) is 9.09. The summed E-state index contributed by atoms with van der Waals surface area (Å²) in [5.74, 6) is 0.762. The summed E-state index contributed by atoms with van der Waals surface area (Å²) in [6, 6.07) is 4.25. The number of benzene rings is 1. The predicted molar refractivity (Wildman–Crippen MR) is 63.4 cm³/mol. The Bertz CT molecular complexity index is 492. The van der Waals surface area contributed by atoms with Crippen LogP contribution in [0.3, 0.4) is 0 Å². The van der Waals surface area contributed by atoms with Crippen LogP contribution in [0.15, 0.2) is 12.1 Å². The summed E-state index contributed by atoms with van der Waals surface area (Å²) in [6.45, 7) is 2.10. The minimum atomic E-state index is -0.639. The number of ether oxygens (including phenoxy) is 1. The molecule has 3 atom stereocenters. The summed E-state index contributed by atoms with van der Waals surface area (Å²) in [7, 11) is 1.69. The standard InChI is InChI=1S/C14H16O3/c1-3-7-4-9-8(6-11(7)17-2)5-10-12(9)13(10)14(15)16/h4,6,10,12-13H,3,5H2,1-2H3,(H,15,16). The van der Waals surface area contributed by atoms with Gasteiger partial charge in [-0.25, -0.2) is 0 Å². The number of hydrogen-bond donors (Lipinski definition) is 1. The first-order valence-corrected chi connectivity index (χ1v) is 6.09. The second-order valence-electron chi connectivity index (χ2n) is 4.97. The van der Waals surface area contributed by atoms with E-state index in [-0.39, 0.29) is 11.8 Å². The number of rotatable bonds is 3. The molecule has 0 saturated heterocycles. The van der Waals surface area contributed by atoms with E-state index in [4.69, 9.17) is 9.84 Å². The predicted octanol–water partition coefficient (Wildman–Crippen LogP) is 2.23. The lowest BCUT2D eigenvalue weighted by atomic mass is 9.98. The number of carboxylic acid groups (broad SMARTS) is 1. The fraction of sp³-hybridized carbons (Fsp3) is 0.500. The number of aryl methyl sites for hydroxylation is 1. The van der Waals surface area contributed by atoms with Crippen LogP contribution >= 0.6 is 0 Å². The highest BCUT2D eigenvalue weighted by molar-refractivity contribution is 5.78. The molecule has 0 radical (unpaired) electrons. The van der Waals surface area contributed by atoms with E-state index in [1.165, 1.54) is 16.7 Å². The molecule has 0 aliphatic heterocycles. The van der Waals surface area contributed by atoms with Gasteiger partial charge in [-0.1, -0.05) is 13.0 Å². The zero-order valence-electron chi connectivity index (χ0n) is 10.1. The molecule has 1 N–H and O–H groups in total. The first kappa shape index (κ1) is 10.6. The van der Waals surface area contributed by atoms with E-state index in [9.17, 15) is 4.79 Å². The molecule has 0 bridgehead atoms. The molecule has 0 aromatic heterocycles. The zero-order valence-corrected chi connectivity index (χ0v) is 10.1. The summed E-state index contributed by atoms with van der Waals surface area (Å²) < 4.78 is 5.37. The lowest BCUT2D eigenvalue weighted by molar-refractivity contribution is -0.139. The van der Waals surface area contributed by atoms with Crippen molar-refractivity contribution in [2.75, 3.05) is 7.11 Å². The fourth-order valence-electron chi connectivity index (χ4n) is 3.28. The fourth-order valence-corrected chi connectivity index (χ4v) is 3.28. The van der Waals surface area contributed by atoms with Gasteiger partial charge in [-0.2, -0.15) is 0 Å². The highest BCUT2D eigenvalue weighted by Crippen LogP contribution is 2.62. The molecule has 3 nitrogen and oxygen atoms in total. The molecule has 1 fully saturated rings. The van der Waals surface area contributed by atoms with E-state index in [2.05, 4.69) is 19.1 Å². The average Bonchev–Trinajstić information content (AvgIpc) is 2.93. The van der Waals surface area contributed by atoms with Crippen molar-refractivity contribution in [3.63, 3.8) is 0 Å². The van der Waals surface area contributed by atoms with Gasteiger partial charge in [-0.3, -0.25) is 4.79 Å². The highest BCUT2D eigenvalue weighted by Gasteiger charge is 2.59. The van der Waals surface area contributed by atoms with Gasteiger partial charge in [0.25, 0.3) is 0 Å². The van der Waals surface area contributed by atoms with E-state index in [0.717, 1.165) is 18.6 Å². The Morgan fingerprint density at radius 3 is 2.88 bits per heavy atom. The molecule has 3 rings (SSSR count). The van der Waals surface area contributed by atoms with Gasteiger partial charge in [0.2, 0.25) is 0 Å². The lowest BCUT2D eigenvalue weighted by Gasteiger charge is -2.12. The van der Waals surface area contributed by atoms with E-state index in [0.29, 0.717) is 5.92 Å². The van der Waals surface area contributed by atoms with E-state index < -0.39 is 5.97 Å². The zero-order chi connectivity index (χ0) is 12.2. The molecule has 0 heterocycles. The SMILES string of the molecule is CCc1cc2c(cc1OC)CC1C(C(=O)O)C21. The van der Waals surface area contributed by atoms with Crippen LogP contribution in [0.25, 0.3) is 0 Å². The molecule has 1 aromatic carbocycles. The Morgan fingerprint density at radius 2 is 2.29 bits per heavy atom. The maximum absolute atomic E-state index is 11.0. The first-order chi connectivity index (χ1) is 8.17. The molecule has 3 heteroatoms. The monoisotopic (exact) mass is 232 g/mol. The smallest absolute Gasteiger partial charge is 0.307 e. The molecule has 2 aliphatic carbocycles. The molecule has 17 heavy (non-hydrogen) atoms. The molecular formula is C14H16O3. The summed E-state index contributed by atoms with van der Waals surface area (Å²) in [6.07, 6.45) is 1.82. The van der Waals surface area contributed by atoms with Gasteiger partial charge in [-0.15, -0.1) is 0 Å². The lowest BCUT2D eigenvalue weighted by Crippen LogP contribution is -2.06. The summed E-state index contributed by atoms with van der Waals surface area (Å²) >= 11 is 0. The maximum Gasteiger partial charge on any atom is 0.307 e. The number of hydrogen-bond acceptors (Lipinski definition) is 2. The minimum absolute atomic E-state index is 0.138. The van der Waals surface area contributed by atoms with Crippen LogP contribution in [0.5, 0.6) is 5.75 Å². The Labute approximate surface area is 100 Å². The van der Waals surface area contributed by atoms with Gasteiger partial charge in [0, 0.05) is 5.92 Å². The normalized spacial score (nSPS) is 28.5. The van der Waals surface area contributed by atoms with Crippen molar-refractivity contribution in [3.05, 3.63) is 28.8 Å². The molecule has 0 spiro atoms. The minimum Gasteiger partial charge on any atom is -0.496 e. The van der Waals surface area contributed by atoms with Crippen LogP contribution in [0.2, 0.25) is 0 Å². The van der Waals surface area contributed by atoms with Gasteiger partial charge in [-0.05, 0) is 41.5 Å². The van der Waals surface area contributed by atoms with E-state index in [1.807, 2.05) is 0 Å². The van der Waals surface area contributed by atoms with Gasteiger partial charge >= 0.3 is 5.97 Å². The Balaban J connectivity index is 1.99. The first-order valence-electron chi connectivity index (χ1n) is 6.09. The summed E-state index contributed by atoms with van der Waals surface area (Å²) in [5.41, 5.74) is 3.72. The van der Waals surface area contributed by atoms with E-state index >= 15 is 0 Å². The van der Waals surface area contributed by atoms with Crippen molar-refractivity contribution < 1.29 is 14.6 Å². The van der Waals surface area contributed by atoms with Crippen molar-refractivity contribution in [2.45, 2.75) is 25.7 Å². The summed E-state index contributed by atoms with van der Waals surface area (Å²) in [4.78, 5) is 11.0. The van der Waals surface area contributed by atoms with Crippen LogP contribution in [0.4, 0.5) is 0 Å². The topological polar surface area (TPSA) is 46.5 Å². The van der Waals surface area contributed by atoms with Crippen molar-refractivity contribution in [3.8, 4) is 5.75 Å². The van der Waals surface area contributed by atoms with Crippen molar-refractivity contribution >= 4 is 5.97 Å².